The first-order chi connectivity index (χ1) is 16.1. The molecule has 33 heavy (non-hydrogen) atoms. The highest BCUT2D eigenvalue weighted by molar-refractivity contribution is 6.45. The molecule has 1 saturated heterocycles. The van der Waals surface area contributed by atoms with Crippen molar-refractivity contribution in [3.05, 3.63) is 59.8 Å². The number of rotatable bonds is 8. The van der Waals surface area contributed by atoms with Crippen LogP contribution < -0.4 is 14.4 Å². The highest BCUT2D eigenvalue weighted by Crippen LogP contribution is 2.36. The number of hydrogen-bond acceptors (Lipinski definition) is 6. The van der Waals surface area contributed by atoms with Crippen LogP contribution in [0.3, 0.4) is 0 Å². The van der Waals surface area contributed by atoms with Crippen LogP contribution in [0.15, 0.2) is 54.2 Å². The van der Waals surface area contributed by atoms with Crippen LogP contribution in [0.2, 0.25) is 0 Å². The summed E-state index contributed by atoms with van der Waals surface area (Å²) in [4.78, 5) is 33.0. The Morgan fingerprint density at radius 2 is 1.61 bits per heavy atom. The third-order valence-electron chi connectivity index (χ3n) is 6.12. The van der Waals surface area contributed by atoms with E-state index in [-0.39, 0.29) is 11.8 Å². The number of hydrogen-bond donors (Lipinski definition) is 0. The molecule has 0 aliphatic carbocycles. The summed E-state index contributed by atoms with van der Waals surface area (Å²) in [5.41, 5.74) is 2.14. The minimum absolute atomic E-state index is 0.292. The number of amides is 2. The van der Waals surface area contributed by atoms with E-state index in [1.807, 2.05) is 24.3 Å². The predicted octanol–water partition coefficient (Wildman–Crippen LogP) is 3.41. The van der Waals surface area contributed by atoms with Gasteiger partial charge in [0.15, 0.2) is 0 Å². The van der Waals surface area contributed by atoms with E-state index >= 15 is 0 Å². The van der Waals surface area contributed by atoms with Crippen molar-refractivity contribution in [1.82, 2.24) is 9.80 Å². The molecule has 0 unspecified atom stereocenters. The lowest BCUT2D eigenvalue weighted by molar-refractivity contribution is -0.120. The quantitative estimate of drug-likeness (QED) is 0.576. The number of likely N-dealkylation sites (N-methyl/N-ethyl adjacent to an activating group) is 1. The molecule has 0 spiro atoms. The van der Waals surface area contributed by atoms with Gasteiger partial charge in [-0.3, -0.25) is 9.59 Å². The summed E-state index contributed by atoms with van der Waals surface area (Å²) < 4.78 is 11.0. The highest BCUT2D eigenvalue weighted by Gasteiger charge is 2.43. The Kier molecular flexibility index (Phi) is 6.99. The number of piperazine rings is 1. The number of nitrogens with zero attached hydrogens (tertiary/aromatic N) is 3. The summed E-state index contributed by atoms with van der Waals surface area (Å²) in [7, 11) is 1.57. The Balaban J connectivity index is 1.73. The maximum absolute atomic E-state index is 13.7. The van der Waals surface area contributed by atoms with Gasteiger partial charge in [0.05, 0.1) is 25.0 Å². The third-order valence-corrected chi connectivity index (χ3v) is 6.12. The Bertz CT molecular complexity index is 1040. The van der Waals surface area contributed by atoms with E-state index in [1.165, 1.54) is 4.90 Å². The van der Waals surface area contributed by atoms with E-state index in [2.05, 4.69) is 23.6 Å². The van der Waals surface area contributed by atoms with Gasteiger partial charge in [-0.25, -0.2) is 4.90 Å². The maximum atomic E-state index is 13.7. The maximum Gasteiger partial charge on any atom is 0.282 e. The number of benzene rings is 2. The zero-order chi connectivity index (χ0) is 23.4. The van der Waals surface area contributed by atoms with E-state index in [0.29, 0.717) is 42.4 Å². The fourth-order valence-corrected chi connectivity index (χ4v) is 4.28. The van der Waals surface area contributed by atoms with Crippen molar-refractivity contribution in [2.24, 2.45) is 0 Å². The van der Waals surface area contributed by atoms with Crippen molar-refractivity contribution in [2.75, 3.05) is 51.3 Å². The zero-order valence-corrected chi connectivity index (χ0v) is 19.5. The second-order valence-corrected chi connectivity index (χ2v) is 8.16. The van der Waals surface area contributed by atoms with Crippen molar-refractivity contribution in [2.45, 2.75) is 20.3 Å². The van der Waals surface area contributed by atoms with Gasteiger partial charge in [-0.2, -0.15) is 0 Å². The van der Waals surface area contributed by atoms with Gasteiger partial charge in [0.1, 0.15) is 17.2 Å². The topological polar surface area (TPSA) is 62.3 Å². The van der Waals surface area contributed by atoms with Crippen LogP contribution in [-0.4, -0.2) is 68.1 Å². The van der Waals surface area contributed by atoms with E-state index in [9.17, 15) is 9.59 Å². The summed E-state index contributed by atoms with van der Waals surface area (Å²) in [6.45, 7) is 8.93. The smallest absolute Gasteiger partial charge is 0.282 e. The number of carbonyl (C=O) groups excluding carboxylic acids is 2. The van der Waals surface area contributed by atoms with Gasteiger partial charge >= 0.3 is 0 Å². The van der Waals surface area contributed by atoms with E-state index < -0.39 is 0 Å². The number of imide groups is 1. The van der Waals surface area contributed by atoms with Crippen molar-refractivity contribution in [3.8, 4) is 11.5 Å². The number of ether oxygens (including phenoxy) is 2. The standard InChI is InChI=1S/C26H31N3O4/c1-4-17-33-21-11-9-19(10-12-21)23-24(28-15-13-27(5-2)14-16-28)26(31)29(25(23)30)20-7-6-8-22(18-20)32-3/h6-12,18H,4-5,13-17H2,1-3H3. The molecule has 174 valence electrons. The molecular formula is C26H31N3O4. The molecule has 0 bridgehead atoms. The monoisotopic (exact) mass is 449 g/mol. The van der Waals surface area contributed by atoms with Gasteiger partial charge in [0.2, 0.25) is 0 Å². The second kappa shape index (κ2) is 10.1. The molecule has 2 heterocycles. The molecule has 2 aromatic rings. The van der Waals surface area contributed by atoms with Crippen molar-refractivity contribution in [1.29, 1.82) is 0 Å². The minimum Gasteiger partial charge on any atom is -0.497 e. The van der Waals surface area contributed by atoms with Crippen molar-refractivity contribution < 1.29 is 19.1 Å². The zero-order valence-electron chi connectivity index (χ0n) is 19.5. The summed E-state index contributed by atoms with van der Waals surface area (Å²) in [6.07, 6.45) is 0.920. The molecule has 0 atom stereocenters. The van der Waals surface area contributed by atoms with E-state index in [4.69, 9.17) is 9.47 Å². The Morgan fingerprint density at radius 3 is 2.24 bits per heavy atom. The Labute approximate surface area is 195 Å². The van der Waals surface area contributed by atoms with Gasteiger partial charge in [0, 0.05) is 32.2 Å². The third kappa shape index (κ3) is 4.59. The molecule has 7 nitrogen and oxygen atoms in total. The fraction of sp³-hybridized carbons (Fsp3) is 0.385. The van der Waals surface area contributed by atoms with Crippen molar-refractivity contribution in [3.63, 3.8) is 0 Å². The average molecular weight is 450 g/mol. The van der Waals surface area contributed by atoms with Gasteiger partial charge in [-0.05, 0) is 42.8 Å². The molecule has 2 aliphatic rings. The van der Waals surface area contributed by atoms with Gasteiger partial charge < -0.3 is 19.3 Å². The summed E-state index contributed by atoms with van der Waals surface area (Å²) in [5, 5.41) is 0. The van der Waals surface area contributed by atoms with Crippen LogP contribution in [0.5, 0.6) is 11.5 Å². The average Bonchev–Trinajstić information content (AvgIpc) is 3.12. The Hall–Kier alpha value is -3.32. The number of methoxy groups -OCH3 is 1. The lowest BCUT2D eigenvalue weighted by Crippen LogP contribution is -2.47. The summed E-state index contributed by atoms with van der Waals surface area (Å²) >= 11 is 0. The van der Waals surface area contributed by atoms with Crippen LogP contribution in [0.1, 0.15) is 25.8 Å². The first kappa shape index (κ1) is 22.9. The molecule has 1 fully saturated rings. The van der Waals surface area contributed by atoms with Crippen LogP contribution in [-0.2, 0) is 9.59 Å². The van der Waals surface area contributed by atoms with E-state index in [0.717, 1.165) is 37.4 Å². The van der Waals surface area contributed by atoms with Gasteiger partial charge in [-0.1, -0.05) is 32.0 Å². The molecule has 0 radical (unpaired) electrons. The first-order valence-electron chi connectivity index (χ1n) is 11.5. The van der Waals surface area contributed by atoms with Crippen LogP contribution >= 0.6 is 0 Å². The molecule has 4 rings (SSSR count). The van der Waals surface area contributed by atoms with Crippen molar-refractivity contribution >= 4 is 23.1 Å². The molecule has 2 aromatic carbocycles. The normalized spacial score (nSPS) is 17.2. The minimum atomic E-state index is -0.316. The van der Waals surface area contributed by atoms with E-state index in [1.54, 1.807) is 31.4 Å². The highest BCUT2D eigenvalue weighted by atomic mass is 16.5. The molecular weight excluding hydrogens is 418 g/mol. The summed E-state index contributed by atoms with van der Waals surface area (Å²) in [6, 6.07) is 14.5. The van der Waals surface area contributed by atoms with Gasteiger partial charge in [0.25, 0.3) is 11.8 Å². The second-order valence-electron chi connectivity index (χ2n) is 8.16. The molecule has 7 heteroatoms. The van der Waals surface area contributed by atoms with Crippen LogP contribution in [0.4, 0.5) is 5.69 Å². The van der Waals surface area contributed by atoms with Crippen LogP contribution in [0.25, 0.3) is 5.57 Å². The Morgan fingerprint density at radius 1 is 0.879 bits per heavy atom. The molecule has 2 amide bonds. The molecule has 0 N–H and O–H groups in total. The summed E-state index contributed by atoms with van der Waals surface area (Å²) in [5.74, 6) is 0.737. The first-order valence-corrected chi connectivity index (χ1v) is 11.5. The molecule has 0 saturated carbocycles. The fourth-order valence-electron chi connectivity index (χ4n) is 4.28. The van der Waals surface area contributed by atoms with Gasteiger partial charge in [-0.15, -0.1) is 0 Å². The number of anilines is 1. The lowest BCUT2D eigenvalue weighted by Gasteiger charge is -2.36. The predicted molar refractivity (Wildman–Crippen MR) is 128 cm³/mol. The largest absolute Gasteiger partial charge is 0.497 e. The molecule has 0 aromatic heterocycles. The lowest BCUT2D eigenvalue weighted by atomic mass is 10.0. The van der Waals surface area contributed by atoms with Crippen LogP contribution in [0, 0.1) is 0 Å². The number of carbonyl (C=O) groups is 2. The molecule has 2 aliphatic heterocycles. The SMILES string of the molecule is CCCOc1ccc(C2=C(N3CCN(CC)CC3)C(=O)N(c3cccc(OC)c3)C2=O)cc1.